The van der Waals surface area contributed by atoms with Gasteiger partial charge in [-0.05, 0) is 53.5 Å². The molecular formula is C20H30N2O5S2. The number of ether oxygens (including phenoxy) is 2. The van der Waals surface area contributed by atoms with Crippen molar-refractivity contribution in [2.75, 3.05) is 30.0 Å². The molecule has 162 valence electrons. The number of carbonyl (C=O) groups excluding carboxylic acids is 3. The van der Waals surface area contributed by atoms with Crippen LogP contribution in [0.3, 0.4) is 0 Å². The van der Waals surface area contributed by atoms with Crippen LogP contribution in [0.2, 0.25) is 0 Å². The standard InChI is InChI=1S/C20H30N2O5S2/c1-7-26-14(24)11-28-10-13(23)21-17-15(18(25)27-8-2)12-9-19(3,4)22-20(5,6)16(12)29-17/h22H,7-11H2,1-6H3,(H,21,23). The Morgan fingerprint density at radius 1 is 1.10 bits per heavy atom. The first-order valence-electron chi connectivity index (χ1n) is 9.66. The zero-order valence-corrected chi connectivity index (χ0v) is 19.5. The molecule has 1 aromatic rings. The molecule has 1 aromatic heterocycles. The summed E-state index contributed by atoms with van der Waals surface area (Å²) in [5.74, 6) is -0.838. The summed E-state index contributed by atoms with van der Waals surface area (Å²) in [4.78, 5) is 37.6. The summed E-state index contributed by atoms with van der Waals surface area (Å²) in [5, 5.41) is 6.96. The third-order valence-corrected chi connectivity index (χ3v) is 6.71. The van der Waals surface area contributed by atoms with E-state index in [1.54, 1.807) is 13.8 Å². The maximum Gasteiger partial charge on any atom is 0.341 e. The number of nitrogens with one attached hydrogen (secondary N) is 2. The van der Waals surface area contributed by atoms with E-state index in [2.05, 4.69) is 38.3 Å². The Hall–Kier alpha value is -1.58. The first kappa shape index (κ1) is 23.7. The minimum absolute atomic E-state index is 0.0940. The number of anilines is 1. The van der Waals surface area contributed by atoms with Crippen molar-refractivity contribution in [1.82, 2.24) is 5.32 Å². The van der Waals surface area contributed by atoms with E-state index in [9.17, 15) is 14.4 Å². The lowest BCUT2D eigenvalue weighted by Crippen LogP contribution is -2.55. The van der Waals surface area contributed by atoms with Gasteiger partial charge in [-0.15, -0.1) is 23.1 Å². The molecule has 0 fully saturated rings. The molecule has 1 aliphatic rings. The first-order valence-corrected chi connectivity index (χ1v) is 11.6. The average molecular weight is 443 g/mol. The zero-order valence-electron chi connectivity index (χ0n) is 17.9. The number of esters is 2. The second-order valence-corrected chi connectivity index (χ2v) is 10.00. The third-order valence-electron chi connectivity index (χ3n) is 4.34. The van der Waals surface area contributed by atoms with Gasteiger partial charge >= 0.3 is 11.9 Å². The largest absolute Gasteiger partial charge is 0.465 e. The highest BCUT2D eigenvalue weighted by Crippen LogP contribution is 2.45. The topological polar surface area (TPSA) is 93.7 Å². The van der Waals surface area contributed by atoms with Gasteiger partial charge in [-0.3, -0.25) is 9.59 Å². The lowest BCUT2D eigenvalue weighted by atomic mass is 9.81. The van der Waals surface area contributed by atoms with Gasteiger partial charge in [-0.2, -0.15) is 0 Å². The maximum absolute atomic E-state index is 12.7. The fraction of sp³-hybridized carbons (Fsp3) is 0.650. The smallest absolute Gasteiger partial charge is 0.341 e. The monoisotopic (exact) mass is 442 g/mol. The van der Waals surface area contributed by atoms with Crippen molar-refractivity contribution in [2.45, 2.75) is 59.0 Å². The second-order valence-electron chi connectivity index (χ2n) is 7.99. The third kappa shape index (κ3) is 5.96. The van der Waals surface area contributed by atoms with E-state index >= 15 is 0 Å². The first-order chi connectivity index (χ1) is 13.5. The lowest BCUT2D eigenvalue weighted by Gasteiger charge is -2.42. The Bertz CT molecular complexity index is 786. The highest BCUT2D eigenvalue weighted by molar-refractivity contribution is 8.00. The van der Waals surface area contributed by atoms with Gasteiger partial charge in [0.05, 0.1) is 30.3 Å². The molecule has 0 spiro atoms. The Morgan fingerprint density at radius 3 is 2.38 bits per heavy atom. The van der Waals surface area contributed by atoms with Crippen molar-refractivity contribution in [3.63, 3.8) is 0 Å². The van der Waals surface area contributed by atoms with Gasteiger partial charge in [-0.25, -0.2) is 4.79 Å². The molecule has 0 saturated heterocycles. The van der Waals surface area contributed by atoms with Crippen LogP contribution in [-0.4, -0.2) is 48.1 Å². The molecule has 1 amide bonds. The number of thioether (sulfide) groups is 1. The van der Waals surface area contributed by atoms with Crippen molar-refractivity contribution < 1.29 is 23.9 Å². The van der Waals surface area contributed by atoms with E-state index in [-0.39, 0.29) is 41.1 Å². The van der Waals surface area contributed by atoms with Gasteiger partial charge in [0.1, 0.15) is 5.00 Å². The molecule has 29 heavy (non-hydrogen) atoms. The zero-order chi connectivity index (χ0) is 21.8. The van der Waals surface area contributed by atoms with Crippen molar-refractivity contribution in [3.8, 4) is 0 Å². The summed E-state index contributed by atoms with van der Waals surface area (Å²) < 4.78 is 10.1. The number of carbonyl (C=O) groups is 3. The minimum Gasteiger partial charge on any atom is -0.465 e. The molecule has 0 saturated carbocycles. The van der Waals surface area contributed by atoms with Gasteiger partial charge in [0, 0.05) is 16.0 Å². The molecule has 0 unspecified atom stereocenters. The number of rotatable bonds is 8. The van der Waals surface area contributed by atoms with E-state index in [0.29, 0.717) is 23.6 Å². The lowest BCUT2D eigenvalue weighted by molar-refractivity contribution is -0.139. The van der Waals surface area contributed by atoms with Crippen LogP contribution in [0.4, 0.5) is 5.00 Å². The van der Waals surface area contributed by atoms with Gasteiger partial charge in [0.2, 0.25) is 5.91 Å². The molecule has 1 aliphatic heterocycles. The number of thiophene rings is 1. The Kier molecular flexibility index (Phi) is 7.75. The molecular weight excluding hydrogens is 412 g/mol. The molecule has 2 heterocycles. The van der Waals surface area contributed by atoms with Crippen LogP contribution in [0.1, 0.15) is 62.3 Å². The van der Waals surface area contributed by atoms with Crippen molar-refractivity contribution >= 4 is 45.9 Å². The molecule has 0 radical (unpaired) electrons. The van der Waals surface area contributed by atoms with E-state index in [1.165, 1.54) is 23.1 Å². The Balaban J connectivity index is 2.25. The van der Waals surface area contributed by atoms with Crippen LogP contribution < -0.4 is 10.6 Å². The molecule has 0 atom stereocenters. The van der Waals surface area contributed by atoms with Gasteiger partial charge in [-0.1, -0.05) is 0 Å². The SMILES string of the molecule is CCOC(=O)CSCC(=O)Nc1sc2c(c1C(=O)OCC)CC(C)(C)NC2(C)C. The number of amides is 1. The fourth-order valence-corrected chi connectivity index (χ4v) is 5.52. The molecule has 2 N–H and O–H groups in total. The molecule has 2 rings (SSSR count). The van der Waals surface area contributed by atoms with E-state index in [0.717, 1.165) is 10.4 Å². The highest BCUT2D eigenvalue weighted by Gasteiger charge is 2.42. The van der Waals surface area contributed by atoms with Crippen molar-refractivity contribution in [3.05, 3.63) is 16.0 Å². The average Bonchev–Trinajstić information content (AvgIpc) is 2.92. The number of hydrogen-bond acceptors (Lipinski definition) is 8. The molecule has 7 nitrogen and oxygen atoms in total. The van der Waals surface area contributed by atoms with Crippen LogP contribution in [-0.2, 0) is 31.0 Å². The summed E-state index contributed by atoms with van der Waals surface area (Å²) in [7, 11) is 0. The minimum atomic E-state index is -0.423. The molecule has 0 bridgehead atoms. The summed E-state index contributed by atoms with van der Waals surface area (Å²) in [6.07, 6.45) is 0.657. The fourth-order valence-electron chi connectivity index (χ4n) is 3.63. The van der Waals surface area contributed by atoms with Gasteiger partial charge in [0.25, 0.3) is 0 Å². The van der Waals surface area contributed by atoms with Crippen LogP contribution in [0.15, 0.2) is 0 Å². The van der Waals surface area contributed by atoms with Crippen LogP contribution >= 0.6 is 23.1 Å². The van der Waals surface area contributed by atoms with Crippen molar-refractivity contribution in [2.24, 2.45) is 0 Å². The van der Waals surface area contributed by atoms with E-state index in [1.807, 2.05) is 0 Å². The quantitative estimate of drug-likeness (QED) is 0.597. The van der Waals surface area contributed by atoms with Crippen molar-refractivity contribution in [1.29, 1.82) is 0 Å². The van der Waals surface area contributed by atoms with Gasteiger partial charge < -0.3 is 20.1 Å². The summed E-state index contributed by atoms with van der Waals surface area (Å²) >= 11 is 2.58. The normalized spacial score (nSPS) is 16.6. The van der Waals surface area contributed by atoms with E-state index in [4.69, 9.17) is 9.47 Å². The molecule has 0 aliphatic carbocycles. The maximum atomic E-state index is 12.7. The molecule has 9 heteroatoms. The van der Waals surface area contributed by atoms with Gasteiger partial charge in [0.15, 0.2) is 0 Å². The molecule has 0 aromatic carbocycles. The predicted octanol–water partition coefficient (Wildman–Crippen LogP) is 3.32. The summed E-state index contributed by atoms with van der Waals surface area (Å²) in [6.45, 7) is 12.4. The summed E-state index contributed by atoms with van der Waals surface area (Å²) in [5.41, 5.74) is 0.829. The number of hydrogen-bond donors (Lipinski definition) is 2. The highest BCUT2D eigenvalue weighted by atomic mass is 32.2. The summed E-state index contributed by atoms with van der Waals surface area (Å²) in [6, 6.07) is 0. The van der Waals surface area contributed by atoms with Crippen LogP contribution in [0.25, 0.3) is 0 Å². The van der Waals surface area contributed by atoms with Crippen LogP contribution in [0, 0.1) is 0 Å². The Labute approximate surface area is 180 Å². The van der Waals surface area contributed by atoms with Crippen LogP contribution in [0.5, 0.6) is 0 Å². The Morgan fingerprint density at radius 2 is 1.76 bits per heavy atom. The second kappa shape index (κ2) is 9.49. The predicted molar refractivity (Wildman–Crippen MR) is 117 cm³/mol. The van der Waals surface area contributed by atoms with E-state index < -0.39 is 5.97 Å². The number of fused-ring (bicyclic) bond motifs is 1.